The first-order valence-corrected chi connectivity index (χ1v) is 11.2. The standard InChI is InChI=1S/C24H29F2N3O4/c1-4-19(22(32)27-11-13(31)12-30)33-24-9-8-15(23(24,2)3)14-10-18(28-29-21(14)24)20-16(25)6-5-7-17(20)26/h5-7,10,13,15,19,30-31H,4,8-9,11-12H2,1-3H3,(H,27,32)/t13?,15-,19?,24-/m0/s1. The van der Waals surface area contributed by atoms with Gasteiger partial charge in [0.05, 0.1) is 29.7 Å². The third-order valence-electron chi connectivity index (χ3n) is 7.23. The highest BCUT2D eigenvalue weighted by molar-refractivity contribution is 5.80. The van der Waals surface area contributed by atoms with E-state index in [1.165, 1.54) is 18.2 Å². The summed E-state index contributed by atoms with van der Waals surface area (Å²) in [4.78, 5) is 12.7. The maximum atomic E-state index is 14.4. The largest absolute Gasteiger partial charge is 0.394 e. The van der Waals surface area contributed by atoms with Crippen molar-refractivity contribution in [3.05, 3.63) is 47.2 Å². The predicted molar refractivity (Wildman–Crippen MR) is 116 cm³/mol. The van der Waals surface area contributed by atoms with Crippen LogP contribution in [0.25, 0.3) is 11.3 Å². The Morgan fingerprint density at radius 2 is 2.00 bits per heavy atom. The summed E-state index contributed by atoms with van der Waals surface area (Å²) in [6, 6.07) is 5.37. The zero-order valence-corrected chi connectivity index (χ0v) is 18.9. The molecule has 0 spiro atoms. The van der Waals surface area contributed by atoms with E-state index < -0.39 is 41.5 Å². The van der Waals surface area contributed by atoms with Crippen molar-refractivity contribution < 1.29 is 28.5 Å². The van der Waals surface area contributed by atoms with Crippen LogP contribution in [-0.4, -0.2) is 51.7 Å². The van der Waals surface area contributed by atoms with E-state index in [2.05, 4.69) is 29.4 Å². The minimum Gasteiger partial charge on any atom is -0.394 e. The second-order valence-electron chi connectivity index (χ2n) is 9.37. The number of carbonyl (C=O) groups excluding carboxylic acids is 1. The summed E-state index contributed by atoms with van der Waals surface area (Å²) in [5.41, 5.74) is 0.0623. The van der Waals surface area contributed by atoms with Gasteiger partial charge in [-0.2, -0.15) is 5.10 Å². The van der Waals surface area contributed by atoms with E-state index in [1.54, 1.807) is 6.07 Å². The van der Waals surface area contributed by atoms with Crippen LogP contribution in [0.1, 0.15) is 57.2 Å². The van der Waals surface area contributed by atoms with Crippen molar-refractivity contribution in [3.63, 3.8) is 0 Å². The van der Waals surface area contributed by atoms with Gasteiger partial charge in [-0.1, -0.05) is 26.8 Å². The molecule has 0 radical (unpaired) electrons. The predicted octanol–water partition coefficient (Wildman–Crippen LogP) is 2.80. The molecule has 1 fully saturated rings. The maximum Gasteiger partial charge on any atom is 0.249 e. The van der Waals surface area contributed by atoms with Crippen LogP contribution >= 0.6 is 0 Å². The molecule has 1 aromatic heterocycles. The monoisotopic (exact) mass is 461 g/mol. The van der Waals surface area contributed by atoms with Gasteiger partial charge in [-0.15, -0.1) is 5.10 Å². The number of aliphatic hydroxyl groups is 2. The van der Waals surface area contributed by atoms with E-state index >= 15 is 0 Å². The lowest BCUT2D eigenvalue weighted by Crippen LogP contribution is -2.47. The van der Waals surface area contributed by atoms with Crippen LogP contribution in [0.4, 0.5) is 8.78 Å². The number of nitrogens with one attached hydrogen (secondary N) is 1. The van der Waals surface area contributed by atoms with Crippen molar-refractivity contribution in [1.29, 1.82) is 0 Å². The molecule has 33 heavy (non-hydrogen) atoms. The molecule has 3 N–H and O–H groups in total. The fourth-order valence-corrected chi connectivity index (χ4v) is 5.36. The van der Waals surface area contributed by atoms with Gasteiger partial charge in [0.2, 0.25) is 5.91 Å². The summed E-state index contributed by atoms with van der Waals surface area (Å²) in [7, 11) is 0. The van der Waals surface area contributed by atoms with Gasteiger partial charge in [0, 0.05) is 12.0 Å². The van der Waals surface area contributed by atoms with Gasteiger partial charge in [0.15, 0.2) is 0 Å². The fraction of sp³-hybridized carbons (Fsp3) is 0.542. The molecule has 0 saturated heterocycles. The SMILES string of the molecule is CCC(O[C@@]12CC[C@@H](c3cc(-c4c(F)cccc4F)nnc31)C2(C)C)C(=O)NCC(O)CO. The number of aromatic nitrogens is 2. The van der Waals surface area contributed by atoms with E-state index in [9.17, 15) is 18.7 Å². The van der Waals surface area contributed by atoms with E-state index in [1.807, 2.05) is 6.92 Å². The number of rotatable bonds is 8. The highest BCUT2D eigenvalue weighted by Gasteiger charge is 2.65. The minimum absolute atomic E-state index is 0.0355. The third kappa shape index (κ3) is 3.72. The smallest absolute Gasteiger partial charge is 0.249 e. The van der Waals surface area contributed by atoms with Crippen molar-refractivity contribution in [1.82, 2.24) is 15.5 Å². The molecule has 1 heterocycles. The Hall–Kier alpha value is -2.49. The first kappa shape index (κ1) is 23.7. The Kier molecular flexibility index (Phi) is 6.24. The zero-order valence-electron chi connectivity index (χ0n) is 18.9. The summed E-state index contributed by atoms with van der Waals surface area (Å²) in [6.07, 6.45) is -0.0302. The Balaban J connectivity index is 1.68. The highest BCUT2D eigenvalue weighted by atomic mass is 19.1. The normalized spacial score (nSPS) is 24.4. The molecule has 2 aliphatic rings. The van der Waals surface area contributed by atoms with Crippen molar-refractivity contribution >= 4 is 5.91 Å². The number of hydrogen-bond donors (Lipinski definition) is 3. The number of benzene rings is 1. The average molecular weight is 462 g/mol. The van der Waals surface area contributed by atoms with Crippen LogP contribution < -0.4 is 5.32 Å². The number of ether oxygens (including phenoxy) is 1. The van der Waals surface area contributed by atoms with Crippen LogP contribution in [0, 0.1) is 17.0 Å². The second-order valence-corrected chi connectivity index (χ2v) is 9.37. The van der Waals surface area contributed by atoms with Crippen LogP contribution in [-0.2, 0) is 15.1 Å². The first-order chi connectivity index (χ1) is 15.7. The average Bonchev–Trinajstić information content (AvgIpc) is 3.15. The molecule has 4 rings (SSSR count). The van der Waals surface area contributed by atoms with Gasteiger partial charge in [-0.3, -0.25) is 4.79 Å². The summed E-state index contributed by atoms with van der Waals surface area (Å²) in [6.45, 7) is 5.40. The molecule has 1 aromatic carbocycles. The van der Waals surface area contributed by atoms with E-state index in [4.69, 9.17) is 9.84 Å². The number of amides is 1. The summed E-state index contributed by atoms with van der Waals surface area (Å²) >= 11 is 0. The van der Waals surface area contributed by atoms with Crippen LogP contribution in [0.2, 0.25) is 0 Å². The Labute approximate surface area is 191 Å². The van der Waals surface area contributed by atoms with Crippen molar-refractivity contribution in [2.45, 2.75) is 63.8 Å². The number of nitrogens with zero attached hydrogens (tertiary/aromatic N) is 2. The van der Waals surface area contributed by atoms with E-state index in [0.29, 0.717) is 18.5 Å². The number of aliphatic hydroxyl groups excluding tert-OH is 2. The number of halogens is 2. The summed E-state index contributed by atoms with van der Waals surface area (Å²) in [5.74, 6) is -1.76. The first-order valence-electron chi connectivity index (χ1n) is 11.2. The van der Waals surface area contributed by atoms with Crippen LogP contribution in [0.15, 0.2) is 24.3 Å². The minimum atomic E-state index is -1.05. The molecule has 7 nitrogen and oxygen atoms in total. The van der Waals surface area contributed by atoms with Crippen LogP contribution in [0.5, 0.6) is 0 Å². The lowest BCUT2D eigenvalue weighted by atomic mass is 9.77. The molecule has 2 aromatic rings. The lowest BCUT2D eigenvalue weighted by molar-refractivity contribution is -0.168. The summed E-state index contributed by atoms with van der Waals surface area (Å²) in [5, 5.41) is 29.7. The van der Waals surface area contributed by atoms with Crippen molar-refractivity contribution in [3.8, 4) is 11.3 Å². The Bertz CT molecular complexity index is 1040. The number of fused-ring (bicyclic) bond motifs is 5. The molecule has 2 bridgehead atoms. The molecule has 178 valence electrons. The molecule has 2 aliphatic carbocycles. The topological polar surface area (TPSA) is 105 Å². The van der Waals surface area contributed by atoms with E-state index in [0.717, 1.165) is 12.0 Å². The third-order valence-corrected chi connectivity index (χ3v) is 7.23. The van der Waals surface area contributed by atoms with Gasteiger partial charge < -0.3 is 20.3 Å². The molecule has 4 atom stereocenters. The second kappa shape index (κ2) is 8.70. The fourth-order valence-electron chi connectivity index (χ4n) is 5.36. The van der Waals surface area contributed by atoms with Gasteiger partial charge in [-0.25, -0.2) is 8.78 Å². The highest BCUT2D eigenvalue weighted by Crippen LogP contribution is 2.68. The zero-order chi connectivity index (χ0) is 24.0. The summed E-state index contributed by atoms with van der Waals surface area (Å²) < 4.78 is 35.2. The van der Waals surface area contributed by atoms with Crippen molar-refractivity contribution in [2.24, 2.45) is 5.41 Å². The molecule has 0 aliphatic heterocycles. The van der Waals surface area contributed by atoms with Gasteiger partial charge >= 0.3 is 0 Å². The molecule has 1 amide bonds. The molecular formula is C24H29F2N3O4. The number of hydrogen-bond acceptors (Lipinski definition) is 6. The molecule has 9 heteroatoms. The Morgan fingerprint density at radius 1 is 1.30 bits per heavy atom. The Morgan fingerprint density at radius 3 is 2.64 bits per heavy atom. The molecule has 1 saturated carbocycles. The van der Waals surface area contributed by atoms with E-state index in [-0.39, 0.29) is 29.6 Å². The van der Waals surface area contributed by atoms with Crippen LogP contribution in [0.3, 0.4) is 0 Å². The molecular weight excluding hydrogens is 432 g/mol. The lowest BCUT2D eigenvalue weighted by Gasteiger charge is -2.40. The van der Waals surface area contributed by atoms with Gasteiger partial charge in [0.25, 0.3) is 0 Å². The van der Waals surface area contributed by atoms with Crippen molar-refractivity contribution in [2.75, 3.05) is 13.2 Å². The maximum absolute atomic E-state index is 14.4. The van der Waals surface area contributed by atoms with Gasteiger partial charge in [0.1, 0.15) is 23.3 Å². The van der Waals surface area contributed by atoms with Gasteiger partial charge in [-0.05, 0) is 48.9 Å². The number of carbonyl (C=O) groups is 1. The molecule has 2 unspecified atom stereocenters. The quantitative estimate of drug-likeness (QED) is 0.559.